The van der Waals surface area contributed by atoms with Crippen LogP contribution in [0.15, 0.2) is 21.7 Å². The minimum Gasteiger partial charge on any atom is -0.306 e. The predicted octanol–water partition coefficient (Wildman–Crippen LogP) is 0.978. The second kappa shape index (κ2) is 4.83. The normalized spacial score (nSPS) is 22.7. The smallest absolute Gasteiger partial charge is 0.250 e. The summed E-state index contributed by atoms with van der Waals surface area (Å²) in [4.78, 5) is 2.23. The molecular weight excluding hydrogens is 244 g/mol. The quantitative estimate of drug-likeness (QED) is 0.878. The van der Waals surface area contributed by atoms with E-state index in [0.29, 0.717) is 16.7 Å². The van der Waals surface area contributed by atoms with Crippen LogP contribution >= 0.6 is 11.3 Å². The van der Waals surface area contributed by atoms with Gasteiger partial charge in [0.25, 0.3) is 0 Å². The van der Waals surface area contributed by atoms with Crippen molar-refractivity contribution in [1.82, 2.24) is 9.62 Å². The SMILES string of the molecule is CN1CCC(CNS(=O)(=O)c2cccs2)C1. The molecule has 1 saturated heterocycles. The third kappa shape index (κ3) is 2.82. The van der Waals surface area contributed by atoms with E-state index in [9.17, 15) is 8.42 Å². The molecule has 1 atom stereocenters. The van der Waals surface area contributed by atoms with E-state index in [-0.39, 0.29) is 0 Å². The van der Waals surface area contributed by atoms with Crippen LogP contribution in [0.3, 0.4) is 0 Å². The third-order valence-electron chi connectivity index (χ3n) is 2.81. The van der Waals surface area contributed by atoms with Gasteiger partial charge in [-0.25, -0.2) is 13.1 Å². The number of hydrogen-bond donors (Lipinski definition) is 1. The lowest BCUT2D eigenvalue weighted by Crippen LogP contribution is -2.30. The van der Waals surface area contributed by atoms with Crippen LogP contribution in [0.25, 0.3) is 0 Å². The molecule has 1 fully saturated rings. The van der Waals surface area contributed by atoms with Crippen LogP contribution in [0.2, 0.25) is 0 Å². The van der Waals surface area contributed by atoms with Gasteiger partial charge >= 0.3 is 0 Å². The lowest BCUT2D eigenvalue weighted by Gasteiger charge is -2.11. The molecule has 1 aliphatic heterocycles. The molecule has 0 radical (unpaired) electrons. The fraction of sp³-hybridized carbons (Fsp3) is 0.600. The maximum atomic E-state index is 11.8. The van der Waals surface area contributed by atoms with Crippen molar-refractivity contribution < 1.29 is 8.42 Å². The van der Waals surface area contributed by atoms with E-state index in [1.54, 1.807) is 17.5 Å². The fourth-order valence-electron chi connectivity index (χ4n) is 1.91. The van der Waals surface area contributed by atoms with Crippen LogP contribution in [-0.4, -0.2) is 40.0 Å². The van der Waals surface area contributed by atoms with E-state index in [0.717, 1.165) is 19.5 Å². The van der Waals surface area contributed by atoms with Crippen molar-refractivity contribution in [2.75, 3.05) is 26.7 Å². The van der Waals surface area contributed by atoms with Crippen molar-refractivity contribution in [2.45, 2.75) is 10.6 Å². The molecule has 1 aromatic heterocycles. The first-order chi connectivity index (χ1) is 7.58. The highest BCUT2D eigenvalue weighted by Gasteiger charge is 2.22. The van der Waals surface area contributed by atoms with Crippen LogP contribution in [-0.2, 0) is 10.0 Å². The topological polar surface area (TPSA) is 49.4 Å². The standard InChI is InChI=1S/C10H16N2O2S2/c1-12-5-4-9(8-12)7-11-16(13,14)10-3-2-6-15-10/h2-3,6,9,11H,4-5,7-8H2,1H3. The Morgan fingerprint density at radius 3 is 3.00 bits per heavy atom. The molecule has 0 bridgehead atoms. The molecule has 1 N–H and O–H groups in total. The molecule has 2 rings (SSSR count). The number of sulfonamides is 1. The van der Waals surface area contributed by atoms with E-state index in [1.807, 2.05) is 0 Å². The monoisotopic (exact) mass is 260 g/mol. The predicted molar refractivity (Wildman–Crippen MR) is 65.1 cm³/mol. The number of likely N-dealkylation sites (tertiary alicyclic amines) is 1. The zero-order chi connectivity index (χ0) is 11.6. The molecular formula is C10H16N2O2S2. The van der Waals surface area contributed by atoms with Crippen molar-refractivity contribution in [3.63, 3.8) is 0 Å². The van der Waals surface area contributed by atoms with Crippen LogP contribution in [0.1, 0.15) is 6.42 Å². The van der Waals surface area contributed by atoms with Crippen molar-refractivity contribution >= 4 is 21.4 Å². The Hall–Kier alpha value is -0.430. The summed E-state index contributed by atoms with van der Waals surface area (Å²) in [6, 6.07) is 3.39. The summed E-state index contributed by atoms with van der Waals surface area (Å²) < 4.78 is 26.7. The Balaban J connectivity index is 1.91. The molecule has 0 saturated carbocycles. The number of rotatable bonds is 4. The van der Waals surface area contributed by atoms with Gasteiger partial charge in [-0.2, -0.15) is 0 Å². The lowest BCUT2D eigenvalue weighted by molar-refractivity contribution is 0.394. The van der Waals surface area contributed by atoms with Crippen LogP contribution < -0.4 is 4.72 Å². The summed E-state index contributed by atoms with van der Waals surface area (Å²) >= 11 is 1.25. The second-order valence-corrected chi connectivity index (χ2v) is 7.14. The Labute approximate surface area is 100 Å². The van der Waals surface area contributed by atoms with Gasteiger partial charge in [0.05, 0.1) is 0 Å². The fourth-order valence-corrected chi connectivity index (χ4v) is 4.06. The van der Waals surface area contributed by atoms with Crippen molar-refractivity contribution in [2.24, 2.45) is 5.92 Å². The lowest BCUT2D eigenvalue weighted by atomic mass is 10.1. The molecule has 4 nitrogen and oxygen atoms in total. The van der Waals surface area contributed by atoms with E-state index in [1.165, 1.54) is 11.3 Å². The van der Waals surface area contributed by atoms with Crippen molar-refractivity contribution in [3.8, 4) is 0 Å². The van der Waals surface area contributed by atoms with Gasteiger partial charge in [-0.05, 0) is 37.4 Å². The largest absolute Gasteiger partial charge is 0.306 e. The highest BCUT2D eigenvalue weighted by Crippen LogP contribution is 2.17. The molecule has 2 heterocycles. The first-order valence-corrected chi connectivity index (χ1v) is 7.66. The van der Waals surface area contributed by atoms with Crippen molar-refractivity contribution in [3.05, 3.63) is 17.5 Å². The van der Waals surface area contributed by atoms with Gasteiger partial charge in [-0.3, -0.25) is 0 Å². The molecule has 16 heavy (non-hydrogen) atoms. The molecule has 1 aromatic rings. The Kier molecular flexibility index (Phi) is 3.63. The van der Waals surface area contributed by atoms with Crippen LogP contribution in [0.5, 0.6) is 0 Å². The Morgan fingerprint density at radius 1 is 1.62 bits per heavy atom. The van der Waals surface area contributed by atoms with Gasteiger partial charge in [0.15, 0.2) is 0 Å². The van der Waals surface area contributed by atoms with Gasteiger partial charge in [0.1, 0.15) is 4.21 Å². The summed E-state index contributed by atoms with van der Waals surface area (Å²) in [5, 5.41) is 1.78. The zero-order valence-corrected chi connectivity index (χ0v) is 10.9. The molecule has 1 aliphatic rings. The van der Waals surface area contributed by atoms with Crippen LogP contribution in [0, 0.1) is 5.92 Å². The average Bonchev–Trinajstić information content (AvgIpc) is 2.85. The summed E-state index contributed by atoms with van der Waals surface area (Å²) in [6.45, 7) is 2.59. The van der Waals surface area contributed by atoms with E-state index < -0.39 is 10.0 Å². The average molecular weight is 260 g/mol. The summed E-state index contributed by atoms with van der Waals surface area (Å²) in [5.41, 5.74) is 0. The molecule has 6 heteroatoms. The number of nitrogens with one attached hydrogen (secondary N) is 1. The Morgan fingerprint density at radius 2 is 2.44 bits per heavy atom. The van der Waals surface area contributed by atoms with Gasteiger partial charge < -0.3 is 4.90 Å². The molecule has 0 aromatic carbocycles. The summed E-state index contributed by atoms with van der Waals surface area (Å²) in [7, 11) is -1.21. The van der Waals surface area contributed by atoms with Gasteiger partial charge in [0, 0.05) is 13.1 Å². The van der Waals surface area contributed by atoms with E-state index >= 15 is 0 Å². The minimum atomic E-state index is -3.27. The maximum Gasteiger partial charge on any atom is 0.250 e. The molecule has 0 aliphatic carbocycles. The van der Waals surface area contributed by atoms with Gasteiger partial charge in [0.2, 0.25) is 10.0 Å². The van der Waals surface area contributed by atoms with Crippen molar-refractivity contribution in [1.29, 1.82) is 0 Å². The van der Waals surface area contributed by atoms with Gasteiger partial charge in [-0.1, -0.05) is 6.07 Å². The maximum absolute atomic E-state index is 11.8. The molecule has 0 spiro atoms. The first kappa shape index (κ1) is 12.0. The van der Waals surface area contributed by atoms with E-state index in [4.69, 9.17) is 0 Å². The number of nitrogens with zero attached hydrogens (tertiary/aromatic N) is 1. The highest BCUT2D eigenvalue weighted by atomic mass is 32.2. The summed E-state index contributed by atoms with van der Waals surface area (Å²) in [5.74, 6) is 0.444. The number of thiophene rings is 1. The van der Waals surface area contributed by atoms with Gasteiger partial charge in [-0.15, -0.1) is 11.3 Å². The summed E-state index contributed by atoms with van der Waals surface area (Å²) in [6.07, 6.45) is 1.07. The van der Waals surface area contributed by atoms with E-state index in [2.05, 4.69) is 16.7 Å². The van der Waals surface area contributed by atoms with Crippen LogP contribution in [0.4, 0.5) is 0 Å². The molecule has 0 amide bonds. The molecule has 1 unspecified atom stereocenters. The Bertz CT molecular complexity index is 428. The second-order valence-electron chi connectivity index (χ2n) is 4.20. The third-order valence-corrected chi connectivity index (χ3v) is 5.63. The number of hydrogen-bond acceptors (Lipinski definition) is 4. The molecule has 90 valence electrons. The zero-order valence-electron chi connectivity index (χ0n) is 9.22. The minimum absolute atomic E-state index is 0.402. The first-order valence-electron chi connectivity index (χ1n) is 5.29. The highest BCUT2D eigenvalue weighted by molar-refractivity contribution is 7.91.